The van der Waals surface area contributed by atoms with Crippen molar-refractivity contribution in [3.8, 4) is 5.75 Å². The molecule has 0 unspecified atom stereocenters. The Balaban J connectivity index is 1.94. The van der Waals surface area contributed by atoms with Crippen molar-refractivity contribution in [1.82, 2.24) is 4.90 Å². The topological polar surface area (TPSA) is 75.7 Å². The van der Waals surface area contributed by atoms with Gasteiger partial charge in [-0.25, -0.2) is 8.42 Å². The number of anilines is 1. The smallest absolute Gasteiger partial charge is 0.259 e. The van der Waals surface area contributed by atoms with Crippen molar-refractivity contribution in [1.29, 1.82) is 0 Å². The van der Waals surface area contributed by atoms with Crippen LogP contribution in [0.4, 0.5) is 5.69 Å². The summed E-state index contributed by atoms with van der Waals surface area (Å²) in [6, 6.07) is 10.3. The van der Waals surface area contributed by atoms with E-state index in [0.717, 1.165) is 30.8 Å². The van der Waals surface area contributed by atoms with Crippen LogP contribution in [0.5, 0.6) is 5.75 Å². The first-order chi connectivity index (χ1) is 13.4. The molecule has 0 atom stereocenters. The van der Waals surface area contributed by atoms with E-state index in [1.165, 1.54) is 30.9 Å². The molecule has 6 nitrogen and oxygen atoms in total. The molecule has 1 amide bonds. The van der Waals surface area contributed by atoms with Gasteiger partial charge in [-0.1, -0.05) is 19.1 Å². The molecule has 0 saturated carbocycles. The summed E-state index contributed by atoms with van der Waals surface area (Å²) in [5.41, 5.74) is 3.30. The van der Waals surface area contributed by atoms with Gasteiger partial charge in [0.15, 0.2) is 9.84 Å². The predicted octanol–water partition coefficient (Wildman–Crippen LogP) is 3.12. The van der Waals surface area contributed by atoms with E-state index in [0.29, 0.717) is 12.2 Å². The Kier molecular flexibility index (Phi) is 6.05. The summed E-state index contributed by atoms with van der Waals surface area (Å²) in [6.07, 6.45) is 1.37. The van der Waals surface area contributed by atoms with Crippen LogP contribution >= 0.6 is 0 Å². The lowest BCUT2D eigenvalue weighted by Gasteiger charge is -2.26. The summed E-state index contributed by atoms with van der Waals surface area (Å²) in [7, 11) is 0.110. The molecule has 1 aliphatic heterocycles. The van der Waals surface area contributed by atoms with Crippen molar-refractivity contribution in [2.75, 3.05) is 31.8 Å². The van der Waals surface area contributed by atoms with Gasteiger partial charge in [-0.05, 0) is 55.3 Å². The Bertz CT molecular complexity index is 986. The summed E-state index contributed by atoms with van der Waals surface area (Å²) in [4.78, 5) is 15.4. The number of methoxy groups -OCH3 is 1. The second-order valence-electron chi connectivity index (χ2n) is 7.07. The fraction of sp³-hybridized carbons (Fsp3) is 0.381. The number of hydrogen-bond acceptors (Lipinski definition) is 5. The zero-order chi connectivity index (χ0) is 20.3. The standard InChI is InChI=1S/C21H26N2O4S/c1-4-12-28(25,26)16-8-9-20(27-3)18(13-16)21(24)22-19-7-5-6-15-14-23(2)11-10-17(15)19/h5-9,13H,4,10-12,14H2,1-3H3,(H,22,24). The van der Waals surface area contributed by atoms with E-state index >= 15 is 0 Å². The number of ether oxygens (including phenoxy) is 1. The van der Waals surface area contributed by atoms with Gasteiger partial charge in [-0.3, -0.25) is 4.79 Å². The number of nitrogens with zero attached hydrogens (tertiary/aromatic N) is 1. The number of fused-ring (bicyclic) bond motifs is 1. The maximum Gasteiger partial charge on any atom is 0.259 e. The van der Waals surface area contributed by atoms with Gasteiger partial charge in [0.25, 0.3) is 5.91 Å². The number of likely N-dealkylation sites (N-methyl/N-ethyl adjacent to an activating group) is 1. The van der Waals surface area contributed by atoms with E-state index in [2.05, 4.69) is 23.3 Å². The molecule has 0 radical (unpaired) electrons. The average molecular weight is 403 g/mol. The highest BCUT2D eigenvalue weighted by Gasteiger charge is 2.22. The van der Waals surface area contributed by atoms with Crippen molar-refractivity contribution in [2.45, 2.75) is 31.2 Å². The van der Waals surface area contributed by atoms with E-state index in [1.54, 1.807) is 0 Å². The number of carbonyl (C=O) groups excluding carboxylic acids is 1. The number of benzene rings is 2. The molecular weight excluding hydrogens is 376 g/mol. The van der Waals surface area contributed by atoms with E-state index in [9.17, 15) is 13.2 Å². The summed E-state index contributed by atoms with van der Waals surface area (Å²) < 4.78 is 30.1. The monoisotopic (exact) mass is 402 g/mol. The molecule has 0 spiro atoms. The summed E-state index contributed by atoms with van der Waals surface area (Å²) in [6.45, 7) is 3.58. The minimum atomic E-state index is -3.43. The van der Waals surface area contributed by atoms with Crippen LogP contribution in [-0.2, 0) is 22.8 Å². The molecule has 0 aromatic heterocycles. The third-order valence-corrected chi connectivity index (χ3v) is 6.87. The van der Waals surface area contributed by atoms with E-state index < -0.39 is 9.84 Å². The second kappa shape index (κ2) is 8.32. The van der Waals surface area contributed by atoms with Gasteiger partial charge in [-0.2, -0.15) is 0 Å². The third-order valence-electron chi connectivity index (χ3n) is 4.95. The van der Waals surface area contributed by atoms with Gasteiger partial charge in [0.1, 0.15) is 5.75 Å². The average Bonchev–Trinajstić information content (AvgIpc) is 2.67. The first kappa shape index (κ1) is 20.4. The van der Waals surface area contributed by atoms with Crippen LogP contribution in [0.1, 0.15) is 34.8 Å². The molecule has 3 rings (SSSR count). The fourth-order valence-electron chi connectivity index (χ4n) is 3.50. The Morgan fingerprint density at radius 1 is 1.25 bits per heavy atom. The van der Waals surface area contributed by atoms with Crippen LogP contribution < -0.4 is 10.1 Å². The van der Waals surface area contributed by atoms with Crippen LogP contribution in [0.3, 0.4) is 0 Å². The van der Waals surface area contributed by atoms with Crippen molar-refractivity contribution in [3.63, 3.8) is 0 Å². The highest BCUT2D eigenvalue weighted by Crippen LogP contribution is 2.28. The fourth-order valence-corrected chi connectivity index (χ4v) is 4.85. The Morgan fingerprint density at radius 3 is 2.75 bits per heavy atom. The Morgan fingerprint density at radius 2 is 2.04 bits per heavy atom. The minimum absolute atomic E-state index is 0.0418. The number of sulfone groups is 1. The molecule has 0 aliphatic carbocycles. The highest BCUT2D eigenvalue weighted by molar-refractivity contribution is 7.91. The first-order valence-corrected chi connectivity index (χ1v) is 11.0. The molecule has 7 heteroatoms. The molecule has 0 bridgehead atoms. The first-order valence-electron chi connectivity index (χ1n) is 9.37. The lowest BCUT2D eigenvalue weighted by molar-refractivity contribution is 0.102. The van der Waals surface area contributed by atoms with Crippen LogP contribution in [-0.4, -0.2) is 45.7 Å². The van der Waals surface area contributed by atoms with Crippen molar-refractivity contribution in [3.05, 3.63) is 53.1 Å². The Labute approximate surface area is 166 Å². The Hall–Kier alpha value is -2.38. The molecule has 1 aliphatic rings. The van der Waals surface area contributed by atoms with Crippen molar-refractivity contribution < 1.29 is 17.9 Å². The van der Waals surface area contributed by atoms with Gasteiger partial charge in [0.05, 0.1) is 23.3 Å². The van der Waals surface area contributed by atoms with E-state index in [4.69, 9.17) is 4.74 Å². The summed E-state index contributed by atoms with van der Waals surface area (Å²) >= 11 is 0. The second-order valence-corrected chi connectivity index (χ2v) is 9.18. The molecule has 1 N–H and O–H groups in total. The van der Waals surface area contributed by atoms with Crippen molar-refractivity contribution >= 4 is 21.4 Å². The van der Waals surface area contributed by atoms with Gasteiger partial charge in [0.2, 0.25) is 0 Å². The number of carbonyl (C=O) groups is 1. The largest absolute Gasteiger partial charge is 0.496 e. The van der Waals surface area contributed by atoms with E-state index in [-0.39, 0.29) is 22.1 Å². The molecule has 2 aromatic rings. The number of hydrogen-bond donors (Lipinski definition) is 1. The highest BCUT2D eigenvalue weighted by atomic mass is 32.2. The van der Waals surface area contributed by atoms with Gasteiger partial charge in [0, 0.05) is 18.8 Å². The van der Waals surface area contributed by atoms with Crippen LogP contribution in [0.2, 0.25) is 0 Å². The summed E-state index contributed by atoms with van der Waals surface area (Å²) in [5, 5.41) is 2.95. The zero-order valence-electron chi connectivity index (χ0n) is 16.5. The maximum atomic E-state index is 13.0. The number of amides is 1. The van der Waals surface area contributed by atoms with Crippen molar-refractivity contribution in [2.24, 2.45) is 0 Å². The molecule has 0 saturated heterocycles. The lowest BCUT2D eigenvalue weighted by Crippen LogP contribution is -2.27. The van der Waals surface area contributed by atoms with Crippen LogP contribution in [0.25, 0.3) is 0 Å². The normalized spacial score (nSPS) is 14.4. The summed E-state index contributed by atoms with van der Waals surface area (Å²) in [5.74, 6) is 0.00955. The molecule has 28 heavy (non-hydrogen) atoms. The van der Waals surface area contributed by atoms with Gasteiger partial charge in [-0.15, -0.1) is 0 Å². The minimum Gasteiger partial charge on any atom is -0.496 e. The number of rotatable bonds is 6. The van der Waals surface area contributed by atoms with Crippen LogP contribution in [0.15, 0.2) is 41.3 Å². The molecular formula is C21H26N2O4S. The van der Waals surface area contributed by atoms with Gasteiger partial charge >= 0.3 is 0 Å². The number of nitrogens with one attached hydrogen (secondary N) is 1. The van der Waals surface area contributed by atoms with Gasteiger partial charge < -0.3 is 15.0 Å². The molecule has 0 fully saturated rings. The quantitative estimate of drug-likeness (QED) is 0.803. The lowest BCUT2D eigenvalue weighted by atomic mass is 9.98. The molecule has 2 aromatic carbocycles. The van der Waals surface area contributed by atoms with Crippen LogP contribution in [0, 0.1) is 0 Å². The SMILES string of the molecule is CCCS(=O)(=O)c1ccc(OC)c(C(=O)Nc2cccc3c2CCN(C)C3)c1. The molecule has 150 valence electrons. The zero-order valence-corrected chi connectivity index (χ0v) is 17.3. The predicted molar refractivity (Wildman–Crippen MR) is 110 cm³/mol. The third kappa shape index (κ3) is 4.20. The van der Waals surface area contributed by atoms with E-state index in [1.807, 2.05) is 19.1 Å². The molecule has 1 heterocycles. The maximum absolute atomic E-state index is 13.0.